The number of halogens is 1. The van der Waals surface area contributed by atoms with Crippen molar-refractivity contribution < 1.29 is 9.18 Å². The van der Waals surface area contributed by atoms with Crippen LogP contribution in [0, 0.1) is 12.7 Å². The van der Waals surface area contributed by atoms with Crippen molar-refractivity contribution in [3.63, 3.8) is 0 Å². The molecule has 4 rings (SSSR count). The average molecular weight is 348 g/mol. The maximum absolute atomic E-state index is 13.0. The Morgan fingerprint density at radius 1 is 1.12 bits per heavy atom. The molecular weight excluding hydrogens is 331 g/mol. The molecule has 0 saturated heterocycles. The molecule has 6 heteroatoms. The lowest BCUT2D eigenvalue weighted by molar-refractivity contribution is 0.0984. The molecule has 5 nitrogen and oxygen atoms in total. The molecule has 0 fully saturated rings. The third-order valence-electron chi connectivity index (χ3n) is 4.31. The van der Waals surface area contributed by atoms with E-state index in [0.29, 0.717) is 29.6 Å². The van der Waals surface area contributed by atoms with Crippen molar-refractivity contribution in [3.8, 4) is 0 Å². The molecule has 1 N–H and O–H groups in total. The molecule has 1 aliphatic heterocycles. The van der Waals surface area contributed by atoms with E-state index in [1.54, 1.807) is 30.0 Å². The van der Waals surface area contributed by atoms with Crippen LogP contribution in [-0.2, 0) is 6.42 Å². The molecule has 1 amide bonds. The van der Waals surface area contributed by atoms with Crippen LogP contribution in [-0.4, -0.2) is 22.4 Å². The molecular formula is C20H17FN4O. The number of hydrogen-bond donors (Lipinski definition) is 1. The summed E-state index contributed by atoms with van der Waals surface area (Å²) in [6.45, 7) is 2.38. The number of hydrogen-bond acceptors (Lipinski definition) is 4. The summed E-state index contributed by atoms with van der Waals surface area (Å²) in [5, 5.41) is 3.09. The lowest BCUT2D eigenvalue weighted by atomic mass is 10.2. The molecule has 0 aliphatic carbocycles. The van der Waals surface area contributed by atoms with Gasteiger partial charge in [0, 0.05) is 24.0 Å². The molecule has 130 valence electrons. The Bertz CT molecular complexity index is 972. The zero-order valence-electron chi connectivity index (χ0n) is 14.2. The number of nitrogens with zero attached hydrogens (tertiary/aromatic N) is 3. The number of amides is 1. The number of aromatic nitrogens is 2. The van der Waals surface area contributed by atoms with Gasteiger partial charge in [-0.15, -0.1) is 0 Å². The molecule has 1 aliphatic rings. The van der Waals surface area contributed by atoms with Crippen LogP contribution >= 0.6 is 0 Å². The fraction of sp³-hybridized carbons (Fsp3) is 0.150. The largest absolute Gasteiger partial charge is 0.340 e. The van der Waals surface area contributed by atoms with Gasteiger partial charge in [-0.25, -0.2) is 14.4 Å². The SMILES string of the molecule is Cc1nc(Nc2ccc(F)cc2)cc(C(=O)N2CCc3ccccc32)n1. The van der Waals surface area contributed by atoms with Gasteiger partial charge in [-0.3, -0.25) is 4.79 Å². The van der Waals surface area contributed by atoms with Gasteiger partial charge in [0.25, 0.3) is 5.91 Å². The first-order chi connectivity index (χ1) is 12.6. The van der Waals surface area contributed by atoms with E-state index in [9.17, 15) is 9.18 Å². The molecule has 0 atom stereocenters. The number of carbonyl (C=O) groups is 1. The third kappa shape index (κ3) is 3.13. The Morgan fingerprint density at radius 2 is 1.88 bits per heavy atom. The summed E-state index contributed by atoms with van der Waals surface area (Å²) in [6, 6.07) is 15.5. The first kappa shape index (κ1) is 16.2. The summed E-state index contributed by atoms with van der Waals surface area (Å²) in [7, 11) is 0. The zero-order valence-corrected chi connectivity index (χ0v) is 14.2. The van der Waals surface area contributed by atoms with Gasteiger partial charge in [-0.1, -0.05) is 18.2 Å². The lowest BCUT2D eigenvalue weighted by Crippen LogP contribution is -2.30. The van der Waals surface area contributed by atoms with Crippen molar-refractivity contribution >= 4 is 23.1 Å². The first-order valence-electron chi connectivity index (χ1n) is 8.38. The van der Waals surface area contributed by atoms with E-state index in [1.165, 1.54) is 12.1 Å². The Balaban J connectivity index is 1.62. The maximum atomic E-state index is 13.0. The van der Waals surface area contributed by atoms with Gasteiger partial charge >= 0.3 is 0 Å². The van der Waals surface area contributed by atoms with E-state index in [1.807, 2.05) is 24.3 Å². The fourth-order valence-corrected chi connectivity index (χ4v) is 3.11. The molecule has 0 saturated carbocycles. The first-order valence-corrected chi connectivity index (χ1v) is 8.38. The van der Waals surface area contributed by atoms with E-state index in [2.05, 4.69) is 15.3 Å². The van der Waals surface area contributed by atoms with Gasteiger partial charge in [0.15, 0.2) is 0 Å². The Kier molecular flexibility index (Phi) is 4.08. The summed E-state index contributed by atoms with van der Waals surface area (Å²) in [4.78, 5) is 23.3. The van der Waals surface area contributed by atoms with Crippen molar-refractivity contribution in [1.29, 1.82) is 0 Å². The van der Waals surface area contributed by atoms with Crippen molar-refractivity contribution in [2.24, 2.45) is 0 Å². The second kappa shape index (κ2) is 6.55. The number of para-hydroxylation sites is 1. The number of aryl methyl sites for hydroxylation is 1. The number of rotatable bonds is 3. The van der Waals surface area contributed by atoms with E-state index in [0.717, 1.165) is 17.7 Å². The van der Waals surface area contributed by atoms with Gasteiger partial charge in [-0.05, 0) is 49.2 Å². The summed E-state index contributed by atoms with van der Waals surface area (Å²) in [5.74, 6) is 0.536. The highest BCUT2D eigenvalue weighted by Crippen LogP contribution is 2.29. The molecule has 0 radical (unpaired) electrons. The standard InChI is InChI=1S/C20H17FN4O/c1-13-22-17(12-19(23-13)24-16-8-6-15(21)7-9-16)20(26)25-11-10-14-4-2-3-5-18(14)25/h2-9,12H,10-11H2,1H3,(H,22,23,24). The molecule has 2 aromatic carbocycles. The topological polar surface area (TPSA) is 58.1 Å². The van der Waals surface area contributed by atoms with Gasteiger partial charge in [-0.2, -0.15) is 0 Å². The predicted molar refractivity (Wildman–Crippen MR) is 98.3 cm³/mol. The number of anilines is 3. The average Bonchev–Trinajstić information content (AvgIpc) is 3.07. The highest BCUT2D eigenvalue weighted by Gasteiger charge is 2.26. The van der Waals surface area contributed by atoms with Crippen LogP contribution in [0.5, 0.6) is 0 Å². The zero-order chi connectivity index (χ0) is 18.1. The van der Waals surface area contributed by atoms with Crippen LogP contribution in [0.25, 0.3) is 0 Å². The second-order valence-corrected chi connectivity index (χ2v) is 6.15. The highest BCUT2D eigenvalue weighted by molar-refractivity contribution is 6.06. The van der Waals surface area contributed by atoms with Crippen molar-refractivity contribution in [1.82, 2.24) is 9.97 Å². The third-order valence-corrected chi connectivity index (χ3v) is 4.31. The minimum Gasteiger partial charge on any atom is -0.340 e. The number of nitrogens with one attached hydrogen (secondary N) is 1. The highest BCUT2D eigenvalue weighted by atomic mass is 19.1. The van der Waals surface area contributed by atoms with E-state index in [4.69, 9.17) is 0 Å². The Morgan fingerprint density at radius 3 is 2.69 bits per heavy atom. The maximum Gasteiger partial charge on any atom is 0.277 e. The predicted octanol–water partition coefficient (Wildman–Crippen LogP) is 3.87. The second-order valence-electron chi connectivity index (χ2n) is 6.15. The number of carbonyl (C=O) groups excluding carboxylic acids is 1. The number of benzene rings is 2. The summed E-state index contributed by atoms with van der Waals surface area (Å²) in [6.07, 6.45) is 0.840. The molecule has 0 bridgehead atoms. The van der Waals surface area contributed by atoms with Gasteiger partial charge < -0.3 is 10.2 Å². The minimum atomic E-state index is -0.307. The summed E-state index contributed by atoms with van der Waals surface area (Å²) < 4.78 is 13.0. The van der Waals surface area contributed by atoms with Crippen LogP contribution in [0.3, 0.4) is 0 Å². The lowest BCUT2D eigenvalue weighted by Gasteiger charge is -2.17. The number of fused-ring (bicyclic) bond motifs is 1. The van der Waals surface area contributed by atoms with Crippen LogP contribution in [0.2, 0.25) is 0 Å². The van der Waals surface area contributed by atoms with Gasteiger partial charge in [0.05, 0.1) is 0 Å². The van der Waals surface area contributed by atoms with E-state index >= 15 is 0 Å². The summed E-state index contributed by atoms with van der Waals surface area (Å²) >= 11 is 0. The minimum absolute atomic E-state index is 0.150. The van der Waals surface area contributed by atoms with Crippen LogP contribution in [0.1, 0.15) is 21.9 Å². The molecule has 0 spiro atoms. The quantitative estimate of drug-likeness (QED) is 0.781. The van der Waals surface area contributed by atoms with Crippen molar-refractivity contribution in [2.75, 3.05) is 16.8 Å². The van der Waals surface area contributed by atoms with E-state index < -0.39 is 0 Å². The van der Waals surface area contributed by atoms with Crippen molar-refractivity contribution in [3.05, 3.63) is 77.5 Å². The van der Waals surface area contributed by atoms with Gasteiger partial charge in [0.1, 0.15) is 23.2 Å². The normalized spacial score (nSPS) is 12.8. The smallest absolute Gasteiger partial charge is 0.277 e. The van der Waals surface area contributed by atoms with Gasteiger partial charge in [0.2, 0.25) is 0 Å². The summed E-state index contributed by atoms with van der Waals surface area (Å²) in [5.41, 5.74) is 3.12. The van der Waals surface area contributed by atoms with Crippen LogP contribution < -0.4 is 10.2 Å². The molecule has 26 heavy (non-hydrogen) atoms. The van der Waals surface area contributed by atoms with Crippen LogP contribution in [0.15, 0.2) is 54.6 Å². The Labute approximate surface area is 150 Å². The van der Waals surface area contributed by atoms with Crippen molar-refractivity contribution in [2.45, 2.75) is 13.3 Å². The molecule has 0 unspecified atom stereocenters. The molecule has 1 aromatic heterocycles. The van der Waals surface area contributed by atoms with Crippen LogP contribution in [0.4, 0.5) is 21.6 Å². The Hall–Kier alpha value is -3.28. The monoisotopic (exact) mass is 348 g/mol. The fourth-order valence-electron chi connectivity index (χ4n) is 3.11. The van der Waals surface area contributed by atoms with E-state index in [-0.39, 0.29) is 11.7 Å². The molecule has 2 heterocycles. The molecule has 3 aromatic rings.